The number of nitrogens with zero attached hydrogens (tertiary/aromatic N) is 1. The van der Waals surface area contributed by atoms with Crippen LogP contribution in [0.3, 0.4) is 0 Å². The van der Waals surface area contributed by atoms with E-state index in [9.17, 15) is 5.11 Å². The molecule has 1 aromatic rings. The first-order valence-corrected chi connectivity index (χ1v) is 4.34. The van der Waals surface area contributed by atoms with Crippen LogP contribution in [0, 0.1) is 6.92 Å². The van der Waals surface area contributed by atoms with Crippen LogP contribution in [0.15, 0.2) is 12.1 Å². The zero-order valence-electron chi connectivity index (χ0n) is 7.21. The average Bonchev–Trinajstić information content (AvgIpc) is 2.03. The van der Waals surface area contributed by atoms with Gasteiger partial charge < -0.3 is 5.11 Å². The van der Waals surface area contributed by atoms with Gasteiger partial charge in [-0.15, -0.1) is 0 Å². The molecule has 0 aliphatic carbocycles. The van der Waals surface area contributed by atoms with E-state index in [1.54, 1.807) is 6.07 Å². The maximum Gasteiger partial charge on any atom is 0.129 e. The van der Waals surface area contributed by atoms with Crippen LogP contribution < -0.4 is 0 Å². The number of hydrogen-bond donors (Lipinski definition) is 1. The Hall–Kier alpha value is -0.600. The fraction of sp³-hybridized carbons (Fsp3) is 0.444. The Kier molecular flexibility index (Phi) is 3.06. The summed E-state index contributed by atoms with van der Waals surface area (Å²) >= 11 is 5.67. The van der Waals surface area contributed by atoms with Crippen molar-refractivity contribution in [1.29, 1.82) is 0 Å². The molecule has 0 aliphatic heterocycles. The molecule has 0 aliphatic rings. The van der Waals surface area contributed by atoms with Crippen LogP contribution >= 0.6 is 11.6 Å². The summed E-state index contributed by atoms with van der Waals surface area (Å²) in [5, 5.41) is 9.99. The molecule has 1 heterocycles. The molecule has 1 N–H and O–H groups in total. The van der Waals surface area contributed by atoms with Crippen LogP contribution in [0.5, 0.6) is 0 Å². The van der Waals surface area contributed by atoms with Gasteiger partial charge in [-0.3, -0.25) is 0 Å². The number of aromatic nitrogens is 1. The minimum atomic E-state index is -0.422. The number of aliphatic hydroxyl groups excluding tert-OH is 1. The summed E-state index contributed by atoms with van der Waals surface area (Å²) in [5.74, 6) is 0. The Morgan fingerprint density at radius 1 is 1.58 bits per heavy atom. The number of aryl methyl sites for hydroxylation is 1. The van der Waals surface area contributed by atoms with Crippen molar-refractivity contribution in [3.8, 4) is 0 Å². The summed E-state index contributed by atoms with van der Waals surface area (Å²) in [4.78, 5) is 4.05. The summed E-state index contributed by atoms with van der Waals surface area (Å²) in [6.45, 7) is 3.78. The number of rotatable bonds is 2. The monoisotopic (exact) mass is 185 g/mol. The minimum Gasteiger partial charge on any atom is -0.388 e. The molecule has 0 fully saturated rings. The molecule has 66 valence electrons. The van der Waals surface area contributed by atoms with Crippen molar-refractivity contribution < 1.29 is 5.11 Å². The summed E-state index contributed by atoms with van der Waals surface area (Å²) < 4.78 is 0. The Balaban J connectivity index is 3.01. The molecule has 1 rings (SSSR count). The molecule has 3 heteroatoms. The quantitative estimate of drug-likeness (QED) is 0.719. The van der Waals surface area contributed by atoms with Gasteiger partial charge in [0.2, 0.25) is 0 Å². The second-order valence-electron chi connectivity index (χ2n) is 2.73. The Morgan fingerprint density at radius 3 is 2.75 bits per heavy atom. The molecule has 1 atom stereocenters. The van der Waals surface area contributed by atoms with Crippen molar-refractivity contribution in [2.45, 2.75) is 26.4 Å². The fourth-order valence-electron chi connectivity index (χ4n) is 1.11. The van der Waals surface area contributed by atoms with E-state index in [4.69, 9.17) is 11.6 Å². The lowest BCUT2D eigenvalue weighted by atomic mass is 10.1. The highest BCUT2D eigenvalue weighted by Gasteiger charge is 2.08. The maximum atomic E-state index is 9.52. The van der Waals surface area contributed by atoms with Crippen LogP contribution in [-0.2, 0) is 0 Å². The van der Waals surface area contributed by atoms with Crippen molar-refractivity contribution in [1.82, 2.24) is 4.98 Å². The minimum absolute atomic E-state index is 0.422. The van der Waals surface area contributed by atoms with Gasteiger partial charge in [0.15, 0.2) is 0 Å². The number of hydrogen-bond acceptors (Lipinski definition) is 2. The molecular weight excluding hydrogens is 174 g/mol. The largest absolute Gasteiger partial charge is 0.388 e. The fourth-order valence-corrected chi connectivity index (χ4v) is 1.30. The van der Waals surface area contributed by atoms with Gasteiger partial charge in [0.25, 0.3) is 0 Å². The van der Waals surface area contributed by atoms with Crippen LogP contribution in [0.25, 0.3) is 0 Å². The summed E-state index contributed by atoms with van der Waals surface area (Å²) in [6.07, 6.45) is 0.277. The molecule has 0 saturated heterocycles. The van der Waals surface area contributed by atoms with Crippen molar-refractivity contribution in [3.05, 3.63) is 28.5 Å². The number of pyridine rings is 1. The Labute approximate surface area is 77.2 Å². The standard InChI is InChI=1S/C9H12ClNO/c1-3-8(12)7-4-5-9(10)11-6(7)2/h4-5,8,12H,3H2,1-2H3/t8-/m0/s1. The van der Waals surface area contributed by atoms with Gasteiger partial charge in [-0.1, -0.05) is 24.6 Å². The van der Waals surface area contributed by atoms with Crippen molar-refractivity contribution in [2.24, 2.45) is 0 Å². The summed E-state index contributed by atoms with van der Waals surface area (Å²) in [6, 6.07) is 3.52. The molecule has 12 heavy (non-hydrogen) atoms. The highest BCUT2D eigenvalue weighted by molar-refractivity contribution is 6.29. The van der Waals surface area contributed by atoms with Crippen LogP contribution in [0.2, 0.25) is 5.15 Å². The first-order valence-electron chi connectivity index (χ1n) is 3.96. The topological polar surface area (TPSA) is 33.1 Å². The Bertz CT molecular complexity index is 275. The second kappa shape index (κ2) is 3.87. The van der Waals surface area contributed by atoms with Gasteiger partial charge in [-0.05, 0) is 19.4 Å². The third-order valence-electron chi connectivity index (χ3n) is 1.84. The van der Waals surface area contributed by atoms with E-state index < -0.39 is 6.10 Å². The van der Waals surface area contributed by atoms with E-state index in [-0.39, 0.29) is 0 Å². The zero-order valence-corrected chi connectivity index (χ0v) is 7.97. The highest BCUT2D eigenvalue weighted by atomic mass is 35.5. The molecule has 0 amide bonds. The first kappa shape index (κ1) is 9.49. The van der Waals surface area contributed by atoms with E-state index in [1.165, 1.54) is 0 Å². The third-order valence-corrected chi connectivity index (χ3v) is 2.05. The first-order chi connectivity index (χ1) is 5.65. The second-order valence-corrected chi connectivity index (χ2v) is 3.12. The van der Waals surface area contributed by atoms with E-state index in [0.29, 0.717) is 11.6 Å². The van der Waals surface area contributed by atoms with Gasteiger partial charge in [0, 0.05) is 11.3 Å². The molecule has 0 unspecified atom stereocenters. The third kappa shape index (κ3) is 1.96. The predicted molar refractivity (Wildman–Crippen MR) is 49.2 cm³/mol. The predicted octanol–water partition coefficient (Wildman–Crippen LogP) is 2.49. The van der Waals surface area contributed by atoms with Crippen molar-refractivity contribution in [2.75, 3.05) is 0 Å². The smallest absolute Gasteiger partial charge is 0.129 e. The molecule has 0 aromatic carbocycles. The molecule has 2 nitrogen and oxygen atoms in total. The molecule has 0 spiro atoms. The molecule has 0 bridgehead atoms. The normalized spacial score (nSPS) is 13.0. The highest BCUT2D eigenvalue weighted by Crippen LogP contribution is 2.20. The van der Waals surface area contributed by atoms with Gasteiger partial charge in [0.05, 0.1) is 6.10 Å². The van der Waals surface area contributed by atoms with Crippen LogP contribution in [0.1, 0.15) is 30.7 Å². The maximum absolute atomic E-state index is 9.52. The van der Waals surface area contributed by atoms with Gasteiger partial charge in [-0.25, -0.2) is 4.98 Å². The van der Waals surface area contributed by atoms with Gasteiger partial charge >= 0.3 is 0 Å². The lowest BCUT2D eigenvalue weighted by Crippen LogP contribution is -1.99. The average molecular weight is 186 g/mol. The van der Waals surface area contributed by atoms with Gasteiger partial charge in [0.1, 0.15) is 5.15 Å². The van der Waals surface area contributed by atoms with Gasteiger partial charge in [-0.2, -0.15) is 0 Å². The number of halogens is 1. The molecule has 0 radical (unpaired) electrons. The van der Waals surface area contributed by atoms with Crippen molar-refractivity contribution in [3.63, 3.8) is 0 Å². The summed E-state index contributed by atoms with van der Waals surface area (Å²) in [7, 11) is 0. The Morgan fingerprint density at radius 2 is 2.25 bits per heavy atom. The van der Waals surface area contributed by atoms with Crippen molar-refractivity contribution >= 4 is 11.6 Å². The van der Waals surface area contributed by atoms with E-state index in [2.05, 4.69) is 4.98 Å². The SMILES string of the molecule is CC[C@H](O)c1ccc(Cl)nc1C. The molecular formula is C9H12ClNO. The van der Waals surface area contributed by atoms with E-state index in [1.807, 2.05) is 19.9 Å². The van der Waals surface area contributed by atoms with E-state index >= 15 is 0 Å². The molecule has 0 saturated carbocycles. The lowest BCUT2D eigenvalue weighted by Gasteiger charge is -2.10. The van der Waals surface area contributed by atoms with Crippen LogP contribution in [0.4, 0.5) is 0 Å². The number of aliphatic hydroxyl groups is 1. The lowest BCUT2D eigenvalue weighted by molar-refractivity contribution is 0.172. The van der Waals surface area contributed by atoms with E-state index in [0.717, 1.165) is 11.3 Å². The molecule has 1 aromatic heterocycles. The van der Waals surface area contributed by atoms with Crippen LogP contribution in [-0.4, -0.2) is 10.1 Å². The zero-order chi connectivity index (χ0) is 9.14. The summed E-state index contributed by atoms with van der Waals surface area (Å²) in [5.41, 5.74) is 1.67.